The molecule has 2 N–H and O–H groups in total. The summed E-state index contributed by atoms with van der Waals surface area (Å²) in [5.74, 6) is -0.278. The summed E-state index contributed by atoms with van der Waals surface area (Å²) in [5.41, 5.74) is 0.812. The van der Waals surface area contributed by atoms with Crippen LogP contribution in [0.25, 0.3) is 11.2 Å². The second kappa shape index (κ2) is 5.21. The average molecular weight is 336 g/mol. The molecule has 0 fully saturated rings. The number of rotatable bonds is 3. The van der Waals surface area contributed by atoms with Crippen LogP contribution < -0.4 is 5.32 Å². The molecule has 2 aromatic rings. The number of H-pyrrole nitrogens is 1. The molecule has 0 saturated carbocycles. The van der Waals surface area contributed by atoms with E-state index in [4.69, 9.17) is 5.26 Å². The van der Waals surface area contributed by atoms with Crippen molar-refractivity contribution < 1.29 is 4.79 Å². The van der Waals surface area contributed by atoms with Crippen LogP contribution in [0, 0.1) is 16.7 Å². The smallest absolute Gasteiger partial charge is 0.255 e. The van der Waals surface area contributed by atoms with Gasteiger partial charge in [0.05, 0.1) is 23.2 Å². The van der Waals surface area contributed by atoms with Gasteiger partial charge in [-0.05, 0) is 36.7 Å². The average Bonchev–Trinajstić information content (AvgIpc) is 2.81. The molecule has 0 bridgehead atoms. The Hall–Kier alpha value is -1.94. The number of halogens is 1. The van der Waals surface area contributed by atoms with E-state index in [1.54, 1.807) is 33.2 Å². The van der Waals surface area contributed by atoms with Gasteiger partial charge < -0.3 is 10.3 Å². The number of aromatic amines is 1. The predicted octanol–water partition coefficient (Wildman–Crippen LogP) is 2.39. The third kappa shape index (κ3) is 2.65. The normalized spacial score (nSPS) is 12.9. The molecule has 104 valence electrons. The zero-order valence-corrected chi connectivity index (χ0v) is 12.9. The van der Waals surface area contributed by atoms with E-state index < -0.39 is 5.41 Å². The highest BCUT2D eigenvalue weighted by molar-refractivity contribution is 9.10. The van der Waals surface area contributed by atoms with Gasteiger partial charge in [-0.15, -0.1) is 0 Å². The summed E-state index contributed by atoms with van der Waals surface area (Å²) in [6, 6.07) is 1.89. The maximum atomic E-state index is 12.3. The van der Waals surface area contributed by atoms with Crippen molar-refractivity contribution in [1.29, 1.82) is 5.26 Å². The van der Waals surface area contributed by atoms with Gasteiger partial charge in [0.1, 0.15) is 10.1 Å². The van der Waals surface area contributed by atoms with E-state index >= 15 is 0 Å². The minimum atomic E-state index is -0.645. The number of aromatic nitrogens is 3. The Morgan fingerprint density at radius 1 is 1.60 bits per heavy atom. The maximum Gasteiger partial charge on any atom is 0.255 e. The third-order valence-corrected chi connectivity index (χ3v) is 3.70. The van der Waals surface area contributed by atoms with E-state index in [-0.39, 0.29) is 11.9 Å². The van der Waals surface area contributed by atoms with Gasteiger partial charge >= 0.3 is 0 Å². The van der Waals surface area contributed by atoms with Crippen molar-refractivity contribution in [3.8, 4) is 6.07 Å². The lowest BCUT2D eigenvalue weighted by Crippen LogP contribution is -2.42. The standard InChI is InChI=1S/C13H14BrN5O/c1-7(13(2,3)6-15)18-12(20)8-4-16-11-10(8)19-9(14)5-17-11/h4-5,7H,1-3H3,(H,16,17)(H,18,20). The van der Waals surface area contributed by atoms with E-state index in [1.807, 2.05) is 0 Å². The van der Waals surface area contributed by atoms with E-state index in [2.05, 4.69) is 42.3 Å². The second-order valence-corrected chi connectivity index (χ2v) is 5.93. The molecule has 2 rings (SSSR count). The number of hydrogen-bond donors (Lipinski definition) is 2. The van der Waals surface area contributed by atoms with E-state index in [9.17, 15) is 4.79 Å². The van der Waals surface area contributed by atoms with Crippen molar-refractivity contribution in [2.45, 2.75) is 26.8 Å². The molecule has 1 atom stereocenters. The van der Waals surface area contributed by atoms with Crippen molar-refractivity contribution in [2.75, 3.05) is 0 Å². The van der Waals surface area contributed by atoms with Crippen molar-refractivity contribution in [3.63, 3.8) is 0 Å². The Kier molecular flexibility index (Phi) is 3.77. The third-order valence-electron chi connectivity index (χ3n) is 3.31. The van der Waals surface area contributed by atoms with Crippen LogP contribution in [0.5, 0.6) is 0 Å². The highest BCUT2D eigenvalue weighted by Crippen LogP contribution is 2.21. The van der Waals surface area contributed by atoms with Crippen LogP contribution >= 0.6 is 15.9 Å². The van der Waals surface area contributed by atoms with E-state index in [0.717, 1.165) is 0 Å². The van der Waals surface area contributed by atoms with Crippen LogP contribution in [0.3, 0.4) is 0 Å². The Morgan fingerprint density at radius 2 is 2.30 bits per heavy atom. The second-order valence-electron chi connectivity index (χ2n) is 5.12. The summed E-state index contributed by atoms with van der Waals surface area (Å²) in [7, 11) is 0. The van der Waals surface area contributed by atoms with Gasteiger partial charge in [0.15, 0.2) is 5.65 Å². The minimum Gasteiger partial charge on any atom is -0.348 e. The van der Waals surface area contributed by atoms with Crippen molar-refractivity contribution >= 4 is 33.0 Å². The minimum absolute atomic E-state index is 0.278. The molecule has 6 nitrogen and oxygen atoms in total. The fraction of sp³-hybridized carbons (Fsp3) is 0.385. The van der Waals surface area contributed by atoms with Crippen LogP contribution in [0.2, 0.25) is 0 Å². The SMILES string of the molecule is CC(NC(=O)c1c[nH]c2ncc(Br)nc12)C(C)(C)C#N. The first kappa shape index (κ1) is 14.5. The van der Waals surface area contributed by atoms with Gasteiger partial charge in [-0.1, -0.05) is 0 Å². The first-order chi connectivity index (χ1) is 9.35. The molecule has 0 saturated heterocycles. The Labute approximate surface area is 124 Å². The molecule has 1 amide bonds. The quantitative estimate of drug-likeness (QED) is 0.900. The lowest BCUT2D eigenvalue weighted by atomic mass is 9.87. The molecular weight excluding hydrogens is 322 g/mol. The van der Waals surface area contributed by atoms with E-state index in [1.165, 1.54) is 0 Å². The lowest BCUT2D eigenvalue weighted by Gasteiger charge is -2.25. The molecule has 0 aromatic carbocycles. The first-order valence-corrected chi connectivity index (χ1v) is 6.86. The molecule has 0 aliphatic carbocycles. The summed E-state index contributed by atoms with van der Waals surface area (Å²) < 4.78 is 0.559. The van der Waals surface area contributed by atoms with Gasteiger partial charge in [-0.25, -0.2) is 9.97 Å². The first-order valence-electron chi connectivity index (χ1n) is 6.07. The Balaban J connectivity index is 2.29. The molecular formula is C13H14BrN5O. The molecule has 0 aliphatic rings. The summed E-state index contributed by atoms with van der Waals surface area (Å²) in [4.78, 5) is 23.6. The van der Waals surface area contributed by atoms with Crippen LogP contribution in [0.4, 0.5) is 0 Å². The summed E-state index contributed by atoms with van der Waals surface area (Å²) >= 11 is 3.23. The largest absolute Gasteiger partial charge is 0.348 e. The number of carbonyl (C=O) groups is 1. The van der Waals surface area contributed by atoms with Crippen molar-refractivity contribution in [2.24, 2.45) is 5.41 Å². The number of nitrogens with zero attached hydrogens (tertiary/aromatic N) is 3. The maximum absolute atomic E-state index is 12.3. The number of nitriles is 1. The molecule has 2 aromatic heterocycles. The molecule has 1 unspecified atom stereocenters. The zero-order chi connectivity index (χ0) is 14.9. The summed E-state index contributed by atoms with van der Waals surface area (Å²) in [6.07, 6.45) is 3.13. The molecule has 2 heterocycles. The Bertz CT molecular complexity index is 700. The lowest BCUT2D eigenvalue weighted by molar-refractivity contribution is 0.0921. The van der Waals surface area contributed by atoms with Crippen LogP contribution in [-0.4, -0.2) is 26.9 Å². The summed E-state index contributed by atoms with van der Waals surface area (Å²) in [6.45, 7) is 5.37. The highest BCUT2D eigenvalue weighted by Gasteiger charge is 2.28. The Morgan fingerprint density at radius 3 is 2.95 bits per heavy atom. The van der Waals surface area contributed by atoms with E-state index in [0.29, 0.717) is 21.3 Å². The highest BCUT2D eigenvalue weighted by atomic mass is 79.9. The van der Waals surface area contributed by atoms with Gasteiger partial charge in [0.25, 0.3) is 5.91 Å². The molecule has 0 aliphatic heterocycles. The molecule has 7 heteroatoms. The van der Waals surface area contributed by atoms with Crippen molar-refractivity contribution in [1.82, 2.24) is 20.3 Å². The van der Waals surface area contributed by atoms with Gasteiger partial charge in [-0.3, -0.25) is 4.79 Å². The molecule has 0 radical (unpaired) electrons. The predicted molar refractivity (Wildman–Crippen MR) is 77.9 cm³/mol. The number of carbonyl (C=O) groups excluding carboxylic acids is 1. The van der Waals surface area contributed by atoms with Crippen molar-refractivity contribution in [3.05, 3.63) is 22.6 Å². The number of nitrogens with one attached hydrogen (secondary N) is 2. The fourth-order valence-electron chi connectivity index (χ4n) is 1.59. The van der Waals surface area contributed by atoms with Crippen LogP contribution in [0.1, 0.15) is 31.1 Å². The van der Waals surface area contributed by atoms with Crippen LogP contribution in [-0.2, 0) is 0 Å². The monoisotopic (exact) mass is 335 g/mol. The molecule has 0 spiro atoms. The topological polar surface area (TPSA) is 94.5 Å². The van der Waals surface area contributed by atoms with Crippen LogP contribution in [0.15, 0.2) is 17.0 Å². The van der Waals surface area contributed by atoms with Gasteiger partial charge in [0.2, 0.25) is 0 Å². The number of amides is 1. The zero-order valence-electron chi connectivity index (χ0n) is 11.4. The fourth-order valence-corrected chi connectivity index (χ4v) is 1.87. The number of fused-ring (bicyclic) bond motifs is 1. The number of hydrogen-bond acceptors (Lipinski definition) is 4. The summed E-state index contributed by atoms with van der Waals surface area (Å²) in [5, 5.41) is 11.9. The van der Waals surface area contributed by atoms with Gasteiger partial charge in [-0.2, -0.15) is 5.26 Å². The molecule has 20 heavy (non-hydrogen) atoms. The van der Waals surface area contributed by atoms with Gasteiger partial charge in [0, 0.05) is 12.2 Å².